The number of rotatable bonds is 6. The molecule has 166 valence electrons. The van der Waals surface area contributed by atoms with Crippen LogP contribution in [0.3, 0.4) is 0 Å². The van der Waals surface area contributed by atoms with Gasteiger partial charge < -0.3 is 4.74 Å². The molecule has 2 nitrogen and oxygen atoms in total. The van der Waals surface area contributed by atoms with Gasteiger partial charge in [0.1, 0.15) is 17.4 Å². The highest BCUT2D eigenvalue weighted by molar-refractivity contribution is 6.30. The lowest BCUT2D eigenvalue weighted by atomic mass is 9.92. The van der Waals surface area contributed by atoms with Crippen molar-refractivity contribution >= 4 is 17.6 Å². The highest BCUT2D eigenvalue weighted by Crippen LogP contribution is 2.29. The molecule has 0 amide bonds. The van der Waals surface area contributed by atoms with Crippen LogP contribution in [-0.4, -0.2) is 5.97 Å². The largest absolute Gasteiger partial charge is 0.423 e. The molecule has 0 saturated heterocycles. The van der Waals surface area contributed by atoms with Crippen molar-refractivity contribution in [2.75, 3.05) is 0 Å². The Labute approximate surface area is 196 Å². The Bertz CT molecular complexity index is 1230. The Hall–Kier alpha value is -3.50. The number of benzene rings is 4. The highest BCUT2D eigenvalue weighted by atomic mass is 35.5. The van der Waals surface area contributed by atoms with Crippen molar-refractivity contribution < 1.29 is 18.3 Å². The standard InChI is InChI=1S/C28H21ClF2O2/c1-18(19-5-3-2-4-6-19)15-25-26(30)16-22(17-27(25)31)20-7-9-21(10-8-20)28(32)33-24-13-11-23(29)12-14-24/h2-14,16-18H,15H2,1H3. The van der Waals surface area contributed by atoms with Crippen LogP contribution in [0.4, 0.5) is 8.78 Å². The van der Waals surface area contributed by atoms with Gasteiger partial charge in [0.25, 0.3) is 0 Å². The highest BCUT2D eigenvalue weighted by Gasteiger charge is 2.17. The van der Waals surface area contributed by atoms with Gasteiger partial charge in [-0.3, -0.25) is 0 Å². The fourth-order valence-electron chi connectivity index (χ4n) is 3.64. The number of carbonyl (C=O) groups is 1. The molecule has 1 unspecified atom stereocenters. The van der Waals surface area contributed by atoms with Crippen molar-refractivity contribution in [3.05, 3.63) is 124 Å². The molecule has 0 saturated carbocycles. The Morgan fingerprint density at radius 1 is 0.848 bits per heavy atom. The lowest BCUT2D eigenvalue weighted by molar-refractivity contribution is 0.0735. The second-order valence-electron chi connectivity index (χ2n) is 7.86. The molecule has 0 fully saturated rings. The van der Waals surface area contributed by atoms with Crippen LogP contribution in [0.15, 0.2) is 91.0 Å². The van der Waals surface area contributed by atoms with Gasteiger partial charge in [0.2, 0.25) is 0 Å². The molecule has 1 atom stereocenters. The van der Waals surface area contributed by atoms with E-state index in [4.69, 9.17) is 16.3 Å². The predicted octanol–water partition coefficient (Wildman–Crippen LogP) is 7.85. The normalized spacial score (nSPS) is 11.8. The van der Waals surface area contributed by atoms with Gasteiger partial charge in [-0.15, -0.1) is 0 Å². The van der Waals surface area contributed by atoms with Crippen molar-refractivity contribution in [1.82, 2.24) is 0 Å². The van der Waals surface area contributed by atoms with Crippen molar-refractivity contribution in [2.45, 2.75) is 19.3 Å². The monoisotopic (exact) mass is 462 g/mol. The van der Waals surface area contributed by atoms with Crippen LogP contribution >= 0.6 is 11.6 Å². The average molecular weight is 463 g/mol. The van der Waals surface area contributed by atoms with Crippen LogP contribution in [0.25, 0.3) is 11.1 Å². The first kappa shape index (κ1) is 22.7. The third-order valence-corrected chi connectivity index (χ3v) is 5.75. The second kappa shape index (κ2) is 9.97. The van der Waals surface area contributed by atoms with Gasteiger partial charge in [0.05, 0.1) is 5.56 Å². The minimum Gasteiger partial charge on any atom is -0.423 e. The van der Waals surface area contributed by atoms with Crippen LogP contribution in [0, 0.1) is 11.6 Å². The summed E-state index contributed by atoms with van der Waals surface area (Å²) in [5.74, 6) is -1.35. The minimum atomic E-state index is -0.584. The summed E-state index contributed by atoms with van der Waals surface area (Å²) in [6.45, 7) is 1.95. The van der Waals surface area contributed by atoms with Crippen molar-refractivity contribution in [1.29, 1.82) is 0 Å². The molecule has 0 radical (unpaired) electrons. The lowest BCUT2D eigenvalue weighted by Crippen LogP contribution is -2.08. The molecule has 33 heavy (non-hydrogen) atoms. The van der Waals surface area contributed by atoms with Gasteiger partial charge in [-0.2, -0.15) is 0 Å². The molecule has 0 heterocycles. The lowest BCUT2D eigenvalue weighted by Gasteiger charge is -2.14. The van der Waals surface area contributed by atoms with Crippen LogP contribution < -0.4 is 4.74 Å². The molecule has 4 aromatic carbocycles. The van der Waals surface area contributed by atoms with Crippen molar-refractivity contribution in [3.8, 4) is 16.9 Å². The topological polar surface area (TPSA) is 26.3 Å². The van der Waals surface area contributed by atoms with Crippen LogP contribution in [0.5, 0.6) is 5.75 Å². The zero-order valence-electron chi connectivity index (χ0n) is 17.9. The molecule has 4 rings (SSSR count). The number of hydrogen-bond acceptors (Lipinski definition) is 2. The molecule has 0 N–H and O–H groups in total. The Morgan fingerprint density at radius 3 is 2.06 bits per heavy atom. The predicted molar refractivity (Wildman–Crippen MR) is 127 cm³/mol. The van der Waals surface area contributed by atoms with Gasteiger partial charge in [-0.05, 0) is 77.6 Å². The SMILES string of the molecule is CC(Cc1c(F)cc(-c2ccc(C(=O)Oc3ccc(Cl)cc3)cc2)cc1F)c1ccccc1. The fourth-order valence-corrected chi connectivity index (χ4v) is 3.76. The molecule has 5 heteroatoms. The third kappa shape index (κ3) is 5.47. The summed E-state index contributed by atoms with van der Waals surface area (Å²) in [4.78, 5) is 12.3. The molecular weight excluding hydrogens is 442 g/mol. The maximum Gasteiger partial charge on any atom is 0.343 e. The van der Waals surface area contributed by atoms with E-state index in [-0.39, 0.29) is 17.9 Å². The Kier molecular flexibility index (Phi) is 6.85. The minimum absolute atomic E-state index is 0.0213. The summed E-state index contributed by atoms with van der Waals surface area (Å²) in [5.41, 5.74) is 2.42. The molecule has 0 aliphatic rings. The number of halogens is 3. The maximum atomic E-state index is 14.8. The first-order valence-electron chi connectivity index (χ1n) is 10.5. The number of hydrogen-bond donors (Lipinski definition) is 0. The van der Waals surface area contributed by atoms with Gasteiger partial charge in [0, 0.05) is 10.6 Å². The molecule has 0 spiro atoms. The van der Waals surface area contributed by atoms with Crippen LogP contribution in [-0.2, 0) is 6.42 Å². The summed E-state index contributed by atoms with van der Waals surface area (Å²) in [5, 5.41) is 0.541. The Balaban J connectivity index is 1.49. The number of ether oxygens (including phenoxy) is 1. The molecule has 0 aliphatic carbocycles. The summed E-state index contributed by atoms with van der Waals surface area (Å²) >= 11 is 5.83. The van der Waals surface area contributed by atoms with E-state index in [2.05, 4.69) is 0 Å². The van der Waals surface area contributed by atoms with Gasteiger partial charge in [-0.25, -0.2) is 13.6 Å². The molecule has 4 aromatic rings. The van der Waals surface area contributed by atoms with E-state index in [1.165, 1.54) is 12.1 Å². The van der Waals surface area contributed by atoms with E-state index in [0.29, 0.717) is 27.5 Å². The van der Waals surface area contributed by atoms with E-state index in [0.717, 1.165) is 5.56 Å². The second-order valence-corrected chi connectivity index (χ2v) is 8.29. The molecule has 0 aliphatic heterocycles. The average Bonchev–Trinajstić information content (AvgIpc) is 2.83. The number of carbonyl (C=O) groups excluding carboxylic acids is 1. The first-order chi connectivity index (χ1) is 15.9. The smallest absolute Gasteiger partial charge is 0.343 e. The van der Waals surface area contributed by atoms with Crippen LogP contribution in [0.1, 0.15) is 34.3 Å². The fraction of sp³-hybridized carbons (Fsp3) is 0.107. The van der Waals surface area contributed by atoms with Crippen molar-refractivity contribution in [2.24, 2.45) is 0 Å². The number of esters is 1. The zero-order valence-corrected chi connectivity index (χ0v) is 18.7. The van der Waals surface area contributed by atoms with E-state index in [1.54, 1.807) is 48.5 Å². The quantitative estimate of drug-likeness (QED) is 0.215. The summed E-state index contributed by atoms with van der Waals surface area (Å²) in [7, 11) is 0. The molecular formula is C28H21ClF2O2. The maximum absolute atomic E-state index is 14.8. The summed E-state index contributed by atoms with van der Waals surface area (Å²) in [6, 6.07) is 25.2. The Morgan fingerprint density at radius 2 is 1.45 bits per heavy atom. The molecule has 0 bridgehead atoms. The van der Waals surface area contributed by atoms with Gasteiger partial charge >= 0.3 is 5.97 Å². The third-order valence-electron chi connectivity index (χ3n) is 5.50. The van der Waals surface area contributed by atoms with E-state index >= 15 is 0 Å². The van der Waals surface area contributed by atoms with E-state index in [9.17, 15) is 13.6 Å². The van der Waals surface area contributed by atoms with Gasteiger partial charge in [0.15, 0.2) is 0 Å². The van der Waals surface area contributed by atoms with Gasteiger partial charge in [-0.1, -0.05) is 61.0 Å². The zero-order chi connectivity index (χ0) is 23.4. The van der Waals surface area contributed by atoms with Crippen molar-refractivity contribution in [3.63, 3.8) is 0 Å². The summed E-state index contributed by atoms with van der Waals surface area (Å²) < 4.78 is 35.0. The van der Waals surface area contributed by atoms with Crippen LogP contribution in [0.2, 0.25) is 5.02 Å². The summed E-state index contributed by atoms with van der Waals surface area (Å²) in [6.07, 6.45) is 0.261. The van der Waals surface area contributed by atoms with E-state index < -0.39 is 17.6 Å². The first-order valence-corrected chi connectivity index (χ1v) is 10.9. The van der Waals surface area contributed by atoms with E-state index in [1.807, 2.05) is 37.3 Å². The molecule has 0 aromatic heterocycles.